The molecule has 1 aliphatic rings. The number of allylic oxidation sites excluding steroid dienone is 1. The Kier molecular flexibility index (Phi) is 7.26. The van der Waals surface area contributed by atoms with E-state index in [2.05, 4.69) is 0 Å². The van der Waals surface area contributed by atoms with Crippen LogP contribution < -0.4 is 14.9 Å². The highest BCUT2D eigenvalue weighted by molar-refractivity contribution is 7.10. The van der Waals surface area contributed by atoms with Crippen LogP contribution in [0.1, 0.15) is 53.7 Å². The van der Waals surface area contributed by atoms with Gasteiger partial charge in [-0.15, -0.1) is 11.3 Å². The fraction of sp³-hybridized carbons (Fsp3) is 0.214. The summed E-state index contributed by atoms with van der Waals surface area (Å²) in [5.74, 6) is -0.441. The Balaban J connectivity index is 1.60. The smallest absolute Gasteiger partial charge is 0.338 e. The van der Waals surface area contributed by atoms with Crippen LogP contribution in [0.4, 0.5) is 0 Å². The first kappa shape index (κ1) is 25.6. The van der Waals surface area contributed by atoms with Gasteiger partial charge >= 0.3 is 11.9 Å². The minimum absolute atomic E-state index is 0.187. The molecule has 10 heteroatoms. The Hall–Kier alpha value is -4.02. The summed E-state index contributed by atoms with van der Waals surface area (Å²) in [6, 6.07) is 13.1. The number of fused-ring (bicyclic) bond motifs is 1. The number of hydrogen-bond donors (Lipinski definition) is 1. The predicted octanol–water partition coefficient (Wildman–Crippen LogP) is 4.60. The number of thiazole rings is 1. The first-order chi connectivity index (χ1) is 18.4. The number of rotatable bonds is 8. The standard InChI is InChI=1S/C28H24N2O6S2/c1-3-6-19-23(27(34)35-4-2)24(21-7-5-14-37-21)30-25(31)22(38-28(30)29-19)15-18-12-13-20(36-18)16-8-10-17(11-9-16)26(32)33/h5,7-15,24H,3-4,6H2,1-2H3,(H,32,33)/b22-15-. The van der Waals surface area contributed by atoms with Gasteiger partial charge in [-0.2, -0.15) is 0 Å². The van der Waals surface area contributed by atoms with Gasteiger partial charge in [0.2, 0.25) is 0 Å². The molecule has 194 valence electrons. The Morgan fingerprint density at radius 1 is 1.16 bits per heavy atom. The molecule has 1 atom stereocenters. The molecule has 0 saturated carbocycles. The van der Waals surface area contributed by atoms with Crippen LogP contribution in [-0.4, -0.2) is 28.2 Å². The lowest BCUT2D eigenvalue weighted by Crippen LogP contribution is -2.39. The van der Waals surface area contributed by atoms with Gasteiger partial charge in [0.1, 0.15) is 17.6 Å². The number of carboxylic acids is 1. The lowest BCUT2D eigenvalue weighted by Gasteiger charge is -2.24. The van der Waals surface area contributed by atoms with Gasteiger partial charge in [0.15, 0.2) is 4.80 Å². The number of carbonyl (C=O) groups is 2. The minimum Gasteiger partial charge on any atom is -0.478 e. The third-order valence-corrected chi connectivity index (χ3v) is 7.93. The lowest BCUT2D eigenvalue weighted by molar-refractivity contribution is -0.139. The maximum Gasteiger partial charge on any atom is 0.338 e. The molecule has 0 bridgehead atoms. The number of aromatic nitrogens is 1. The van der Waals surface area contributed by atoms with Crippen LogP contribution in [0.15, 0.2) is 79.4 Å². The molecular formula is C28H24N2O6S2. The molecular weight excluding hydrogens is 524 g/mol. The van der Waals surface area contributed by atoms with Crippen LogP contribution >= 0.6 is 22.7 Å². The van der Waals surface area contributed by atoms with E-state index in [1.54, 1.807) is 41.8 Å². The third kappa shape index (κ3) is 4.80. The Labute approximate surface area is 225 Å². The van der Waals surface area contributed by atoms with Crippen LogP contribution in [-0.2, 0) is 9.53 Å². The van der Waals surface area contributed by atoms with Crippen molar-refractivity contribution in [1.29, 1.82) is 0 Å². The molecule has 5 rings (SSSR count). The number of carboxylic acid groups (broad SMARTS) is 1. The SMILES string of the molecule is CCCC1=C(C(=O)OCC)C(c2cccs2)n2c(s/c(=C\c3ccc(-c4ccc(C(=O)O)cc4)o3)c2=O)=N1. The summed E-state index contributed by atoms with van der Waals surface area (Å²) >= 11 is 2.72. The molecule has 1 unspecified atom stereocenters. The Morgan fingerprint density at radius 2 is 1.95 bits per heavy atom. The fourth-order valence-electron chi connectivity index (χ4n) is 4.33. The molecule has 4 aromatic rings. The topological polar surface area (TPSA) is 111 Å². The van der Waals surface area contributed by atoms with Crippen LogP contribution in [0.5, 0.6) is 0 Å². The number of benzene rings is 1. The maximum absolute atomic E-state index is 13.7. The number of furan rings is 1. The molecule has 0 aliphatic carbocycles. The molecule has 1 aromatic carbocycles. The first-order valence-electron chi connectivity index (χ1n) is 12.1. The largest absolute Gasteiger partial charge is 0.478 e. The average molecular weight is 549 g/mol. The van der Waals surface area contributed by atoms with E-state index >= 15 is 0 Å². The zero-order valence-corrected chi connectivity index (χ0v) is 22.3. The first-order valence-corrected chi connectivity index (χ1v) is 13.8. The molecule has 8 nitrogen and oxygen atoms in total. The molecule has 1 N–H and O–H groups in total. The number of hydrogen-bond acceptors (Lipinski definition) is 8. The van der Waals surface area contributed by atoms with Crippen LogP contribution in [0.2, 0.25) is 0 Å². The van der Waals surface area contributed by atoms with E-state index in [1.165, 1.54) is 34.8 Å². The molecule has 38 heavy (non-hydrogen) atoms. The van der Waals surface area contributed by atoms with E-state index < -0.39 is 18.0 Å². The van der Waals surface area contributed by atoms with Crippen molar-refractivity contribution >= 4 is 40.7 Å². The van der Waals surface area contributed by atoms with Gasteiger partial charge in [-0.25, -0.2) is 14.6 Å². The Morgan fingerprint density at radius 3 is 2.61 bits per heavy atom. The quantitative estimate of drug-likeness (QED) is 0.322. The van der Waals surface area contributed by atoms with E-state index in [0.717, 1.165) is 16.9 Å². The van der Waals surface area contributed by atoms with E-state index in [9.17, 15) is 14.4 Å². The fourth-order valence-corrected chi connectivity index (χ4v) is 6.15. The number of carbonyl (C=O) groups excluding carboxylic acids is 1. The van der Waals surface area contributed by atoms with E-state index in [0.29, 0.717) is 38.5 Å². The molecule has 1 aliphatic heterocycles. The highest BCUT2D eigenvalue weighted by atomic mass is 32.1. The minimum atomic E-state index is -0.999. The van der Waals surface area contributed by atoms with Crippen molar-refractivity contribution in [3.8, 4) is 11.3 Å². The van der Waals surface area contributed by atoms with E-state index in [4.69, 9.17) is 19.3 Å². The summed E-state index contributed by atoms with van der Waals surface area (Å²) in [4.78, 5) is 44.1. The highest BCUT2D eigenvalue weighted by Crippen LogP contribution is 2.34. The van der Waals surface area contributed by atoms with Gasteiger partial charge in [0, 0.05) is 16.5 Å². The molecule has 0 fully saturated rings. The highest BCUT2D eigenvalue weighted by Gasteiger charge is 2.34. The van der Waals surface area contributed by atoms with Crippen molar-refractivity contribution in [2.75, 3.05) is 6.61 Å². The maximum atomic E-state index is 13.7. The monoisotopic (exact) mass is 548 g/mol. The zero-order valence-electron chi connectivity index (χ0n) is 20.7. The third-order valence-electron chi connectivity index (χ3n) is 6.02. The normalized spacial score (nSPS) is 15.3. The summed E-state index contributed by atoms with van der Waals surface area (Å²) in [6.45, 7) is 4.00. The van der Waals surface area contributed by atoms with Crippen molar-refractivity contribution < 1.29 is 23.8 Å². The second-order valence-electron chi connectivity index (χ2n) is 8.51. The van der Waals surface area contributed by atoms with Gasteiger partial charge < -0.3 is 14.3 Å². The summed E-state index contributed by atoms with van der Waals surface area (Å²) < 4.78 is 13.3. The van der Waals surface area contributed by atoms with Gasteiger partial charge in [0.05, 0.1) is 28.0 Å². The number of aromatic carboxylic acids is 1. The van der Waals surface area contributed by atoms with Crippen LogP contribution in [0.25, 0.3) is 17.4 Å². The van der Waals surface area contributed by atoms with Gasteiger partial charge in [-0.05, 0) is 49.1 Å². The van der Waals surface area contributed by atoms with Crippen molar-refractivity contribution in [1.82, 2.24) is 4.57 Å². The van der Waals surface area contributed by atoms with E-state index in [1.807, 2.05) is 24.4 Å². The predicted molar refractivity (Wildman–Crippen MR) is 145 cm³/mol. The second kappa shape index (κ2) is 10.8. The summed E-state index contributed by atoms with van der Waals surface area (Å²) in [5, 5.41) is 11.0. The van der Waals surface area contributed by atoms with Gasteiger partial charge in [0.25, 0.3) is 5.56 Å². The van der Waals surface area contributed by atoms with Crippen molar-refractivity contribution in [3.05, 3.63) is 101 Å². The van der Waals surface area contributed by atoms with Gasteiger partial charge in [-0.1, -0.05) is 42.9 Å². The summed E-state index contributed by atoms with van der Waals surface area (Å²) in [5.41, 5.74) is 1.68. The molecule has 0 amide bonds. The van der Waals surface area contributed by atoms with Crippen LogP contribution in [0, 0.1) is 0 Å². The number of ether oxygens (including phenoxy) is 1. The number of nitrogens with zero attached hydrogens (tertiary/aromatic N) is 2. The molecule has 3 aromatic heterocycles. The van der Waals surface area contributed by atoms with Crippen molar-refractivity contribution in [2.45, 2.75) is 32.7 Å². The molecule has 4 heterocycles. The Bertz CT molecular complexity index is 1710. The zero-order chi connectivity index (χ0) is 26.8. The lowest BCUT2D eigenvalue weighted by atomic mass is 9.99. The average Bonchev–Trinajstić information content (AvgIpc) is 3.66. The number of esters is 1. The number of thiophene rings is 1. The molecule has 0 spiro atoms. The molecule has 0 radical (unpaired) electrons. The van der Waals surface area contributed by atoms with Crippen molar-refractivity contribution in [2.24, 2.45) is 4.99 Å². The molecule has 0 saturated heterocycles. The summed E-state index contributed by atoms with van der Waals surface area (Å²) in [7, 11) is 0. The summed E-state index contributed by atoms with van der Waals surface area (Å²) in [6.07, 6.45) is 3.04. The van der Waals surface area contributed by atoms with Crippen LogP contribution in [0.3, 0.4) is 0 Å². The second-order valence-corrected chi connectivity index (χ2v) is 10.5. The van der Waals surface area contributed by atoms with Crippen molar-refractivity contribution in [3.63, 3.8) is 0 Å². The van der Waals surface area contributed by atoms with Gasteiger partial charge in [-0.3, -0.25) is 9.36 Å². The van der Waals surface area contributed by atoms with E-state index in [-0.39, 0.29) is 17.7 Å².